The van der Waals surface area contributed by atoms with Gasteiger partial charge in [0.25, 0.3) is 5.91 Å². The highest BCUT2D eigenvalue weighted by Crippen LogP contribution is 2.25. The van der Waals surface area contributed by atoms with Crippen LogP contribution in [-0.2, 0) is 6.54 Å². The Morgan fingerprint density at radius 3 is 2.64 bits per heavy atom. The van der Waals surface area contributed by atoms with Crippen LogP contribution < -0.4 is 11.1 Å². The van der Waals surface area contributed by atoms with E-state index in [0.717, 1.165) is 42.8 Å². The van der Waals surface area contributed by atoms with Gasteiger partial charge in [-0.1, -0.05) is 36.8 Å². The average molecular weight is 362 g/mol. The number of hydrogen-bond acceptors (Lipinski definition) is 2. The first-order chi connectivity index (χ1) is 11.6. The van der Waals surface area contributed by atoms with Crippen molar-refractivity contribution < 1.29 is 4.79 Å². The predicted octanol–water partition coefficient (Wildman–Crippen LogP) is 3.43. The van der Waals surface area contributed by atoms with Crippen molar-refractivity contribution in [3.63, 3.8) is 0 Å². The van der Waals surface area contributed by atoms with E-state index < -0.39 is 0 Å². The van der Waals surface area contributed by atoms with Crippen molar-refractivity contribution in [3.05, 3.63) is 58.9 Å². The van der Waals surface area contributed by atoms with Crippen LogP contribution in [0.3, 0.4) is 0 Å². The van der Waals surface area contributed by atoms with E-state index >= 15 is 0 Å². The van der Waals surface area contributed by atoms with Crippen LogP contribution in [0.2, 0.25) is 0 Å². The summed E-state index contributed by atoms with van der Waals surface area (Å²) in [4.78, 5) is 12.7. The Labute approximate surface area is 156 Å². The standard InChI is InChI=1S/C20H27N3O.ClH/c1-14-11-18(20(24)22-19-10-6-9-17(19)12-21)15(2)23(14)13-16-7-4-3-5-8-16;/h3-5,7-8,11,17,19H,6,9-10,12-13,21H2,1-2H3,(H,22,24);1H. The number of carbonyl (C=O) groups is 1. The summed E-state index contributed by atoms with van der Waals surface area (Å²) in [5, 5.41) is 3.21. The quantitative estimate of drug-likeness (QED) is 0.857. The molecule has 1 heterocycles. The maximum absolute atomic E-state index is 12.7. The van der Waals surface area contributed by atoms with E-state index in [1.165, 1.54) is 5.56 Å². The van der Waals surface area contributed by atoms with Crippen LogP contribution in [0.15, 0.2) is 36.4 Å². The number of benzene rings is 1. The van der Waals surface area contributed by atoms with Crippen molar-refractivity contribution in [2.75, 3.05) is 6.54 Å². The lowest BCUT2D eigenvalue weighted by Gasteiger charge is -2.19. The second-order valence-corrected chi connectivity index (χ2v) is 6.86. The lowest BCUT2D eigenvalue weighted by molar-refractivity contribution is 0.0928. The van der Waals surface area contributed by atoms with E-state index in [-0.39, 0.29) is 24.4 Å². The highest BCUT2D eigenvalue weighted by atomic mass is 35.5. The molecule has 0 saturated heterocycles. The minimum Gasteiger partial charge on any atom is -0.349 e. The molecule has 1 fully saturated rings. The van der Waals surface area contributed by atoms with E-state index in [9.17, 15) is 4.79 Å². The van der Waals surface area contributed by atoms with Gasteiger partial charge in [0.2, 0.25) is 0 Å². The zero-order chi connectivity index (χ0) is 17.1. The molecular weight excluding hydrogens is 334 g/mol. The zero-order valence-corrected chi connectivity index (χ0v) is 15.8. The van der Waals surface area contributed by atoms with Crippen LogP contribution in [0.5, 0.6) is 0 Å². The van der Waals surface area contributed by atoms with Crippen molar-refractivity contribution in [1.29, 1.82) is 0 Å². The second-order valence-electron chi connectivity index (χ2n) is 6.86. The molecule has 1 aromatic carbocycles. The first-order valence-corrected chi connectivity index (χ1v) is 8.81. The highest BCUT2D eigenvalue weighted by molar-refractivity contribution is 5.96. The molecule has 25 heavy (non-hydrogen) atoms. The number of halogens is 1. The van der Waals surface area contributed by atoms with E-state index in [4.69, 9.17) is 5.73 Å². The first-order valence-electron chi connectivity index (χ1n) is 8.81. The van der Waals surface area contributed by atoms with Gasteiger partial charge in [-0.3, -0.25) is 4.79 Å². The summed E-state index contributed by atoms with van der Waals surface area (Å²) < 4.78 is 2.21. The fourth-order valence-electron chi connectivity index (χ4n) is 3.80. The molecule has 3 rings (SSSR count). The number of hydrogen-bond donors (Lipinski definition) is 2. The first kappa shape index (κ1) is 19.5. The Bertz CT molecular complexity index is 711. The van der Waals surface area contributed by atoms with Crippen LogP contribution in [0.1, 0.15) is 46.6 Å². The van der Waals surface area contributed by atoms with Crippen LogP contribution in [-0.4, -0.2) is 23.1 Å². The summed E-state index contributed by atoms with van der Waals surface area (Å²) in [6.45, 7) is 5.53. The number of carbonyl (C=O) groups excluding carboxylic acids is 1. The van der Waals surface area contributed by atoms with Gasteiger partial charge in [0.05, 0.1) is 5.56 Å². The van der Waals surface area contributed by atoms with Gasteiger partial charge in [0, 0.05) is 24.0 Å². The van der Waals surface area contributed by atoms with Gasteiger partial charge in [-0.05, 0) is 50.8 Å². The second kappa shape index (κ2) is 8.54. The van der Waals surface area contributed by atoms with Crippen molar-refractivity contribution in [1.82, 2.24) is 9.88 Å². The summed E-state index contributed by atoms with van der Waals surface area (Å²) in [5.74, 6) is 0.453. The van der Waals surface area contributed by atoms with Crippen LogP contribution in [0.25, 0.3) is 0 Å². The third-order valence-electron chi connectivity index (χ3n) is 5.28. The lowest BCUT2D eigenvalue weighted by atomic mass is 10.0. The third kappa shape index (κ3) is 4.25. The molecule has 2 atom stereocenters. The molecular formula is C20H28ClN3O. The van der Waals surface area contributed by atoms with Gasteiger partial charge in [0.1, 0.15) is 0 Å². The van der Waals surface area contributed by atoms with Crippen LogP contribution in [0.4, 0.5) is 0 Å². The molecule has 0 spiro atoms. The molecule has 0 radical (unpaired) electrons. The number of amides is 1. The molecule has 1 aliphatic rings. The van der Waals surface area contributed by atoms with Crippen molar-refractivity contribution in [2.45, 2.75) is 45.7 Å². The summed E-state index contributed by atoms with van der Waals surface area (Å²) in [5.41, 5.74) is 9.99. The molecule has 1 amide bonds. The van der Waals surface area contributed by atoms with Gasteiger partial charge in [-0.2, -0.15) is 0 Å². The van der Waals surface area contributed by atoms with Gasteiger partial charge in [-0.25, -0.2) is 0 Å². The Balaban J connectivity index is 0.00000225. The summed E-state index contributed by atoms with van der Waals surface area (Å²) in [7, 11) is 0. The molecule has 1 aromatic heterocycles. The lowest BCUT2D eigenvalue weighted by Crippen LogP contribution is -2.40. The van der Waals surface area contributed by atoms with Crippen molar-refractivity contribution >= 4 is 18.3 Å². The van der Waals surface area contributed by atoms with E-state index in [1.54, 1.807) is 0 Å². The Morgan fingerprint density at radius 2 is 1.96 bits per heavy atom. The third-order valence-corrected chi connectivity index (χ3v) is 5.28. The summed E-state index contributed by atoms with van der Waals surface area (Å²) >= 11 is 0. The van der Waals surface area contributed by atoms with Gasteiger partial charge >= 0.3 is 0 Å². The molecule has 5 heteroatoms. The Morgan fingerprint density at radius 1 is 1.24 bits per heavy atom. The normalized spacial score (nSPS) is 19.5. The smallest absolute Gasteiger partial charge is 0.253 e. The van der Waals surface area contributed by atoms with Crippen LogP contribution >= 0.6 is 12.4 Å². The van der Waals surface area contributed by atoms with Gasteiger partial charge in [0.15, 0.2) is 0 Å². The van der Waals surface area contributed by atoms with E-state index in [0.29, 0.717) is 12.5 Å². The number of aromatic nitrogens is 1. The maximum Gasteiger partial charge on any atom is 0.253 e. The van der Waals surface area contributed by atoms with Gasteiger partial charge < -0.3 is 15.6 Å². The molecule has 2 aromatic rings. The monoisotopic (exact) mass is 361 g/mol. The molecule has 1 saturated carbocycles. The molecule has 3 N–H and O–H groups in total. The molecule has 136 valence electrons. The maximum atomic E-state index is 12.7. The van der Waals surface area contributed by atoms with Gasteiger partial charge in [-0.15, -0.1) is 12.4 Å². The van der Waals surface area contributed by atoms with Crippen LogP contribution in [0, 0.1) is 19.8 Å². The number of nitrogens with one attached hydrogen (secondary N) is 1. The highest BCUT2D eigenvalue weighted by Gasteiger charge is 2.28. The average Bonchev–Trinajstić information content (AvgIpc) is 3.15. The molecule has 0 aliphatic heterocycles. The minimum atomic E-state index is 0. The van der Waals surface area contributed by atoms with E-state index in [1.807, 2.05) is 31.2 Å². The Hall–Kier alpha value is -1.78. The molecule has 4 nitrogen and oxygen atoms in total. The topological polar surface area (TPSA) is 60.1 Å². The molecule has 0 bridgehead atoms. The largest absolute Gasteiger partial charge is 0.349 e. The molecule has 1 aliphatic carbocycles. The zero-order valence-electron chi connectivity index (χ0n) is 15.0. The SMILES string of the molecule is Cc1cc(C(=O)NC2CCCC2CN)c(C)n1Cc1ccccc1.Cl. The van der Waals surface area contributed by atoms with Crippen molar-refractivity contribution in [2.24, 2.45) is 11.7 Å². The molecule has 2 unspecified atom stereocenters. The number of rotatable bonds is 5. The number of nitrogens with zero attached hydrogens (tertiary/aromatic N) is 1. The predicted molar refractivity (Wildman–Crippen MR) is 104 cm³/mol. The minimum absolute atomic E-state index is 0. The number of aryl methyl sites for hydroxylation is 1. The summed E-state index contributed by atoms with van der Waals surface area (Å²) in [6, 6.07) is 12.6. The fraction of sp³-hybridized carbons (Fsp3) is 0.450. The fourth-order valence-corrected chi connectivity index (χ4v) is 3.80. The Kier molecular flexibility index (Phi) is 6.68. The number of nitrogens with two attached hydrogens (primary N) is 1. The van der Waals surface area contributed by atoms with Crippen molar-refractivity contribution in [3.8, 4) is 0 Å². The van der Waals surface area contributed by atoms with E-state index in [2.05, 4.69) is 28.9 Å². The summed E-state index contributed by atoms with van der Waals surface area (Å²) in [6.07, 6.45) is 3.31.